The largest absolute Gasteiger partial charge is 0.401 e. The average molecular weight is 188 g/mol. The summed E-state index contributed by atoms with van der Waals surface area (Å²) in [7, 11) is 0. The van der Waals surface area contributed by atoms with Crippen LogP contribution in [0.15, 0.2) is 0 Å². The van der Waals surface area contributed by atoms with Crippen LogP contribution in [0.5, 0.6) is 0 Å². The van der Waals surface area contributed by atoms with Gasteiger partial charge in [-0.1, -0.05) is 0 Å². The maximum absolute atomic E-state index is 11.7. The van der Waals surface area contributed by atoms with Crippen LogP contribution in [0.3, 0.4) is 0 Å². The number of likely N-dealkylation sites (tertiary alicyclic amines) is 1. The van der Waals surface area contributed by atoms with Gasteiger partial charge in [0.15, 0.2) is 0 Å². The summed E-state index contributed by atoms with van der Waals surface area (Å²) in [6, 6.07) is 0. The molecule has 0 atom stereocenters. The predicted molar refractivity (Wildman–Crippen MR) is 36.7 cm³/mol. The maximum Gasteiger partial charge on any atom is 0.401 e. The van der Waals surface area contributed by atoms with Crippen molar-refractivity contribution in [3.63, 3.8) is 0 Å². The lowest BCUT2D eigenvalue weighted by Gasteiger charge is -2.38. The molecule has 0 amide bonds. The van der Waals surface area contributed by atoms with E-state index in [1.54, 1.807) is 0 Å². The SMILES string of the molecule is FC(F)(F)CN1CC(CCl)C1. The van der Waals surface area contributed by atoms with E-state index in [9.17, 15) is 13.2 Å². The van der Waals surface area contributed by atoms with Crippen LogP contribution in [0.4, 0.5) is 13.2 Å². The first kappa shape index (κ1) is 9.13. The number of rotatable bonds is 2. The highest BCUT2D eigenvalue weighted by atomic mass is 35.5. The topological polar surface area (TPSA) is 3.24 Å². The molecule has 1 nitrogen and oxygen atoms in total. The van der Waals surface area contributed by atoms with Crippen molar-refractivity contribution in [1.82, 2.24) is 4.90 Å². The molecular weight excluding hydrogens is 179 g/mol. The minimum atomic E-state index is -4.06. The molecule has 0 aliphatic carbocycles. The van der Waals surface area contributed by atoms with Crippen molar-refractivity contribution in [2.75, 3.05) is 25.5 Å². The molecule has 0 aromatic carbocycles. The summed E-state index contributed by atoms with van der Waals surface area (Å²) in [5.74, 6) is 0.730. The van der Waals surface area contributed by atoms with Gasteiger partial charge in [-0.15, -0.1) is 11.6 Å². The molecule has 66 valence electrons. The minimum absolute atomic E-state index is 0.263. The van der Waals surface area contributed by atoms with E-state index in [-0.39, 0.29) is 5.92 Å². The zero-order valence-electron chi connectivity index (χ0n) is 5.86. The fourth-order valence-electron chi connectivity index (χ4n) is 1.16. The molecule has 0 bridgehead atoms. The first-order valence-electron chi connectivity index (χ1n) is 3.36. The molecule has 1 heterocycles. The molecule has 1 aliphatic rings. The quantitative estimate of drug-likeness (QED) is 0.595. The summed E-state index contributed by atoms with van der Waals surface area (Å²) < 4.78 is 35.0. The Morgan fingerprint density at radius 1 is 1.36 bits per heavy atom. The summed E-state index contributed by atoms with van der Waals surface area (Å²) in [6.07, 6.45) is -4.06. The van der Waals surface area contributed by atoms with E-state index in [1.165, 1.54) is 4.90 Å². The summed E-state index contributed by atoms with van der Waals surface area (Å²) >= 11 is 5.43. The molecule has 11 heavy (non-hydrogen) atoms. The van der Waals surface area contributed by atoms with Crippen LogP contribution < -0.4 is 0 Å². The van der Waals surface area contributed by atoms with Gasteiger partial charge < -0.3 is 0 Å². The molecule has 0 aromatic rings. The standard InChI is InChI=1S/C6H9ClF3N/c7-1-5-2-11(3-5)4-6(8,9)10/h5H,1-4H2. The van der Waals surface area contributed by atoms with Crippen LogP contribution >= 0.6 is 11.6 Å². The lowest BCUT2D eigenvalue weighted by molar-refractivity contribution is -0.157. The molecule has 1 rings (SSSR count). The van der Waals surface area contributed by atoms with Gasteiger partial charge in [0.05, 0.1) is 6.54 Å². The number of hydrogen-bond acceptors (Lipinski definition) is 1. The van der Waals surface area contributed by atoms with E-state index in [0.717, 1.165) is 0 Å². The van der Waals surface area contributed by atoms with E-state index < -0.39 is 12.7 Å². The molecule has 1 saturated heterocycles. The van der Waals surface area contributed by atoms with Gasteiger partial charge in [-0.25, -0.2) is 0 Å². The third-order valence-corrected chi connectivity index (χ3v) is 2.09. The fraction of sp³-hybridized carbons (Fsp3) is 1.00. The van der Waals surface area contributed by atoms with Crippen molar-refractivity contribution in [3.8, 4) is 0 Å². The minimum Gasteiger partial charge on any atom is -0.294 e. The summed E-state index contributed by atoms with van der Waals surface area (Å²) in [5.41, 5.74) is 0. The van der Waals surface area contributed by atoms with Gasteiger partial charge in [0, 0.05) is 19.0 Å². The van der Waals surface area contributed by atoms with Crippen molar-refractivity contribution in [2.24, 2.45) is 5.92 Å². The second-order valence-electron chi connectivity index (χ2n) is 2.83. The van der Waals surface area contributed by atoms with Gasteiger partial charge in [-0.05, 0) is 5.92 Å². The summed E-state index contributed by atoms with van der Waals surface area (Å²) in [5, 5.41) is 0. The van der Waals surface area contributed by atoms with E-state index >= 15 is 0 Å². The molecule has 5 heteroatoms. The molecule has 0 unspecified atom stereocenters. The van der Waals surface area contributed by atoms with E-state index in [1.807, 2.05) is 0 Å². The van der Waals surface area contributed by atoms with Crippen molar-refractivity contribution in [1.29, 1.82) is 0 Å². The van der Waals surface area contributed by atoms with Crippen molar-refractivity contribution in [3.05, 3.63) is 0 Å². The van der Waals surface area contributed by atoms with Crippen molar-refractivity contribution < 1.29 is 13.2 Å². The Kier molecular flexibility index (Phi) is 2.65. The Morgan fingerprint density at radius 3 is 2.27 bits per heavy atom. The second kappa shape index (κ2) is 3.19. The molecule has 1 fully saturated rings. The molecule has 0 saturated carbocycles. The maximum atomic E-state index is 11.7. The van der Waals surface area contributed by atoms with Crippen LogP contribution in [-0.2, 0) is 0 Å². The zero-order valence-corrected chi connectivity index (χ0v) is 6.62. The van der Waals surface area contributed by atoms with Gasteiger partial charge >= 0.3 is 6.18 Å². The van der Waals surface area contributed by atoms with Crippen LogP contribution in [0, 0.1) is 5.92 Å². The van der Waals surface area contributed by atoms with E-state index in [4.69, 9.17) is 11.6 Å². The molecule has 1 aliphatic heterocycles. The van der Waals surface area contributed by atoms with Gasteiger partial charge in [-0.3, -0.25) is 4.90 Å². The van der Waals surface area contributed by atoms with Crippen LogP contribution in [-0.4, -0.2) is 36.6 Å². The summed E-state index contributed by atoms with van der Waals surface area (Å²) in [4.78, 5) is 1.35. The Bertz CT molecular complexity index is 130. The van der Waals surface area contributed by atoms with Gasteiger partial charge in [0.2, 0.25) is 0 Å². The molecule has 0 radical (unpaired) electrons. The average Bonchev–Trinajstić information content (AvgIpc) is 1.75. The highest BCUT2D eigenvalue weighted by molar-refractivity contribution is 6.18. The van der Waals surface area contributed by atoms with E-state index in [2.05, 4.69) is 0 Å². The number of alkyl halides is 4. The smallest absolute Gasteiger partial charge is 0.294 e. The Morgan fingerprint density at radius 2 is 1.91 bits per heavy atom. The van der Waals surface area contributed by atoms with Crippen molar-refractivity contribution in [2.45, 2.75) is 6.18 Å². The number of nitrogens with zero attached hydrogens (tertiary/aromatic N) is 1. The van der Waals surface area contributed by atoms with Gasteiger partial charge in [0.25, 0.3) is 0 Å². The molecular formula is C6H9ClF3N. The van der Waals surface area contributed by atoms with Crippen LogP contribution in [0.2, 0.25) is 0 Å². The second-order valence-corrected chi connectivity index (χ2v) is 3.14. The Hall–Kier alpha value is 0.0400. The highest BCUT2D eigenvalue weighted by Gasteiger charge is 2.36. The first-order chi connectivity index (χ1) is 5.01. The van der Waals surface area contributed by atoms with Gasteiger partial charge in [0.1, 0.15) is 0 Å². The first-order valence-corrected chi connectivity index (χ1v) is 3.90. The van der Waals surface area contributed by atoms with E-state index in [0.29, 0.717) is 19.0 Å². The lowest BCUT2D eigenvalue weighted by Crippen LogP contribution is -2.51. The normalized spacial score (nSPS) is 21.8. The monoisotopic (exact) mass is 187 g/mol. The molecule has 0 N–H and O–H groups in total. The Labute approximate surface area is 68.1 Å². The van der Waals surface area contributed by atoms with Crippen LogP contribution in [0.25, 0.3) is 0 Å². The molecule has 0 aromatic heterocycles. The molecule has 0 spiro atoms. The predicted octanol–water partition coefficient (Wildman–Crippen LogP) is 1.72. The Balaban J connectivity index is 2.14. The zero-order chi connectivity index (χ0) is 8.48. The number of hydrogen-bond donors (Lipinski definition) is 0. The third kappa shape index (κ3) is 2.87. The van der Waals surface area contributed by atoms with Crippen LogP contribution in [0.1, 0.15) is 0 Å². The van der Waals surface area contributed by atoms with Gasteiger partial charge in [-0.2, -0.15) is 13.2 Å². The lowest BCUT2D eigenvalue weighted by atomic mass is 10.0. The highest BCUT2D eigenvalue weighted by Crippen LogP contribution is 2.23. The number of halogens is 4. The summed E-state index contributed by atoms with van der Waals surface area (Å²) in [6.45, 7) is 0.187. The van der Waals surface area contributed by atoms with Crippen molar-refractivity contribution >= 4 is 11.6 Å². The fourth-order valence-corrected chi connectivity index (χ4v) is 1.35. The third-order valence-electron chi connectivity index (χ3n) is 1.65.